The molecule has 2 aliphatic heterocycles. The fourth-order valence-electron chi connectivity index (χ4n) is 7.15. The number of hydrogen-bond acceptors (Lipinski definition) is 6. The van der Waals surface area contributed by atoms with Crippen molar-refractivity contribution >= 4 is 52.1 Å². The van der Waals surface area contributed by atoms with Crippen molar-refractivity contribution in [1.29, 1.82) is 0 Å². The minimum absolute atomic E-state index is 0.0835. The number of allylic oxidation sites excluding steroid dienone is 1. The van der Waals surface area contributed by atoms with Gasteiger partial charge in [0, 0.05) is 55.7 Å². The zero-order valence-electron chi connectivity index (χ0n) is 30.7. The quantitative estimate of drug-likeness (QED) is 0.0501. The molecule has 10 heteroatoms. The molecule has 1 atom stereocenters. The number of likely N-dealkylation sites (N-methyl/N-ethyl adjacent to an activating group) is 1. The number of benzene rings is 4. The molecule has 1 saturated heterocycles. The Bertz CT molecular complexity index is 1970. The van der Waals surface area contributed by atoms with Gasteiger partial charge in [-0.1, -0.05) is 85.3 Å². The highest BCUT2D eigenvalue weighted by Crippen LogP contribution is 2.36. The number of fused-ring (bicyclic) bond motifs is 1. The number of piperidine rings is 1. The molecule has 2 N–H and O–H groups in total. The molecule has 0 spiro atoms. The van der Waals surface area contributed by atoms with Gasteiger partial charge in [0.1, 0.15) is 18.4 Å². The summed E-state index contributed by atoms with van der Waals surface area (Å²) in [5, 5.41) is 5.79. The number of carbonyl (C=O) groups is 4. The van der Waals surface area contributed by atoms with Crippen molar-refractivity contribution in [2.75, 3.05) is 37.9 Å². The molecule has 4 aromatic carbocycles. The predicted molar refractivity (Wildman–Crippen MR) is 213 cm³/mol. The molecule has 280 valence electrons. The molecule has 4 aromatic rings. The van der Waals surface area contributed by atoms with Crippen molar-refractivity contribution in [2.24, 2.45) is 0 Å². The van der Waals surface area contributed by atoms with Gasteiger partial charge in [-0.05, 0) is 77.8 Å². The first-order chi connectivity index (χ1) is 26.3. The highest BCUT2D eigenvalue weighted by atomic mass is 35.5. The van der Waals surface area contributed by atoms with Crippen LogP contribution < -0.4 is 15.4 Å². The largest absolute Gasteiger partial charge is 0.492 e. The van der Waals surface area contributed by atoms with E-state index in [1.165, 1.54) is 5.57 Å². The van der Waals surface area contributed by atoms with Gasteiger partial charge in [0.25, 0.3) is 5.91 Å². The summed E-state index contributed by atoms with van der Waals surface area (Å²) in [5.74, 6) is 0.445. The second-order valence-corrected chi connectivity index (χ2v) is 14.1. The van der Waals surface area contributed by atoms with Gasteiger partial charge in [-0.2, -0.15) is 0 Å². The maximum absolute atomic E-state index is 13.1. The van der Waals surface area contributed by atoms with Gasteiger partial charge in [-0.15, -0.1) is 11.6 Å². The van der Waals surface area contributed by atoms with Crippen LogP contribution in [0.5, 0.6) is 5.75 Å². The van der Waals surface area contributed by atoms with Crippen LogP contribution in [-0.4, -0.2) is 72.1 Å². The summed E-state index contributed by atoms with van der Waals surface area (Å²) in [4.78, 5) is 53.2. The van der Waals surface area contributed by atoms with Crippen molar-refractivity contribution in [1.82, 2.24) is 15.1 Å². The van der Waals surface area contributed by atoms with E-state index in [0.717, 1.165) is 64.9 Å². The zero-order chi connectivity index (χ0) is 37.9. The summed E-state index contributed by atoms with van der Waals surface area (Å²) >= 11 is 6.30. The SMILES string of the molecule is CN(CCOc1ccc(/C(=C(/CCCl)c2ccccc2)c2ccccc2)cc1)C(=O)CCCCCNc1cccc2c1CN(C1CCC(=O)NC1=O)C2=O. The van der Waals surface area contributed by atoms with Crippen molar-refractivity contribution in [2.45, 2.75) is 57.5 Å². The van der Waals surface area contributed by atoms with E-state index in [1.807, 2.05) is 55.6 Å². The Morgan fingerprint density at radius 1 is 0.852 bits per heavy atom. The van der Waals surface area contributed by atoms with E-state index in [9.17, 15) is 19.2 Å². The maximum Gasteiger partial charge on any atom is 0.255 e. The van der Waals surface area contributed by atoms with Crippen LogP contribution in [0.25, 0.3) is 11.1 Å². The number of amides is 4. The molecule has 54 heavy (non-hydrogen) atoms. The monoisotopic (exact) mass is 746 g/mol. The Balaban J connectivity index is 0.935. The van der Waals surface area contributed by atoms with E-state index < -0.39 is 11.9 Å². The van der Waals surface area contributed by atoms with Crippen molar-refractivity contribution in [3.63, 3.8) is 0 Å². The maximum atomic E-state index is 13.1. The number of carbonyl (C=O) groups excluding carboxylic acids is 4. The standard InChI is InChI=1S/C44H47ClN4O5/c1-48(28-29-54-34-21-19-33(20-22-34)42(32-14-7-3-8-15-32)35(25-26-45)31-12-5-2-6-13-31)41(51)18-9-4-10-27-46-38-17-11-16-36-37(38)30-49(44(36)53)39-23-24-40(50)47-43(39)52/h2-3,5-8,11-17,19-22,39,46H,4,9-10,18,23-30H2,1H3,(H,47,50,52)/b42-35-. The number of alkyl halides is 1. The molecule has 2 heterocycles. The summed E-state index contributed by atoms with van der Waals surface area (Å²) in [6, 6.07) is 33.8. The molecule has 0 radical (unpaired) electrons. The second-order valence-electron chi connectivity index (χ2n) is 13.7. The number of nitrogens with zero attached hydrogens (tertiary/aromatic N) is 2. The smallest absolute Gasteiger partial charge is 0.255 e. The summed E-state index contributed by atoms with van der Waals surface area (Å²) in [6.07, 6.45) is 4.27. The highest BCUT2D eigenvalue weighted by molar-refractivity contribution is 6.18. The number of ether oxygens (including phenoxy) is 1. The molecule has 1 unspecified atom stereocenters. The average Bonchev–Trinajstić information content (AvgIpc) is 3.53. The lowest BCUT2D eigenvalue weighted by molar-refractivity contribution is -0.137. The molecule has 9 nitrogen and oxygen atoms in total. The Labute approximate surface area is 322 Å². The highest BCUT2D eigenvalue weighted by Gasteiger charge is 2.39. The number of nitrogens with one attached hydrogen (secondary N) is 2. The third-order valence-electron chi connectivity index (χ3n) is 10.1. The van der Waals surface area contributed by atoms with E-state index in [2.05, 4.69) is 59.2 Å². The predicted octanol–water partition coefficient (Wildman–Crippen LogP) is 7.55. The minimum atomic E-state index is -0.638. The number of halogens is 1. The third-order valence-corrected chi connectivity index (χ3v) is 10.2. The molecule has 2 aliphatic rings. The van der Waals surface area contributed by atoms with Crippen LogP contribution >= 0.6 is 11.6 Å². The Morgan fingerprint density at radius 2 is 1.56 bits per heavy atom. The zero-order valence-corrected chi connectivity index (χ0v) is 31.4. The van der Waals surface area contributed by atoms with Gasteiger partial charge in [0.2, 0.25) is 17.7 Å². The van der Waals surface area contributed by atoms with E-state index >= 15 is 0 Å². The van der Waals surface area contributed by atoms with E-state index in [-0.39, 0.29) is 24.1 Å². The van der Waals surface area contributed by atoms with Gasteiger partial charge in [-0.25, -0.2) is 0 Å². The van der Waals surface area contributed by atoms with E-state index in [1.54, 1.807) is 15.9 Å². The van der Waals surface area contributed by atoms with Crippen LogP contribution in [0.2, 0.25) is 0 Å². The summed E-state index contributed by atoms with van der Waals surface area (Å²) in [6.45, 7) is 1.90. The number of imide groups is 1. The summed E-state index contributed by atoms with van der Waals surface area (Å²) < 4.78 is 6.05. The number of rotatable bonds is 17. The van der Waals surface area contributed by atoms with E-state index in [4.69, 9.17) is 16.3 Å². The fraction of sp³-hybridized carbons (Fsp3) is 0.318. The van der Waals surface area contributed by atoms with Gasteiger partial charge >= 0.3 is 0 Å². The fourth-order valence-corrected chi connectivity index (χ4v) is 7.34. The first-order valence-corrected chi connectivity index (χ1v) is 19.2. The Morgan fingerprint density at radius 3 is 2.26 bits per heavy atom. The second kappa shape index (κ2) is 18.6. The molecular weight excluding hydrogens is 700 g/mol. The van der Waals surface area contributed by atoms with Gasteiger partial charge in [0.15, 0.2) is 0 Å². The minimum Gasteiger partial charge on any atom is -0.492 e. The first kappa shape index (κ1) is 38.3. The molecule has 1 fully saturated rings. The van der Waals surface area contributed by atoms with Crippen LogP contribution in [0.1, 0.15) is 77.6 Å². The summed E-state index contributed by atoms with van der Waals surface area (Å²) in [7, 11) is 1.81. The molecule has 4 amide bonds. The van der Waals surface area contributed by atoms with Crippen LogP contribution in [0.4, 0.5) is 5.69 Å². The molecule has 0 saturated carbocycles. The van der Waals surface area contributed by atoms with Gasteiger partial charge in [-0.3, -0.25) is 24.5 Å². The van der Waals surface area contributed by atoms with Crippen LogP contribution in [0.15, 0.2) is 103 Å². The van der Waals surface area contributed by atoms with Crippen molar-refractivity contribution in [3.8, 4) is 5.75 Å². The number of anilines is 1. The Kier molecular flexibility index (Phi) is 13.2. The average molecular weight is 747 g/mol. The summed E-state index contributed by atoms with van der Waals surface area (Å²) in [5.41, 5.74) is 8.03. The normalized spacial score (nSPS) is 15.7. The lowest BCUT2D eigenvalue weighted by Gasteiger charge is -2.29. The van der Waals surface area contributed by atoms with Crippen LogP contribution in [-0.2, 0) is 20.9 Å². The van der Waals surface area contributed by atoms with E-state index in [0.29, 0.717) is 50.5 Å². The number of unbranched alkanes of at least 4 members (excludes halogenated alkanes) is 2. The molecular formula is C44H47ClN4O5. The van der Waals surface area contributed by atoms with Crippen LogP contribution in [0, 0.1) is 0 Å². The Hall–Kier alpha value is -5.41. The molecule has 0 aliphatic carbocycles. The topological polar surface area (TPSA) is 108 Å². The molecule has 0 bridgehead atoms. The van der Waals surface area contributed by atoms with Crippen molar-refractivity contribution < 1.29 is 23.9 Å². The van der Waals surface area contributed by atoms with Gasteiger partial charge in [0.05, 0.1) is 6.54 Å². The van der Waals surface area contributed by atoms with Crippen LogP contribution in [0.3, 0.4) is 0 Å². The third kappa shape index (κ3) is 9.38. The lowest BCUT2D eigenvalue weighted by atomic mass is 9.88. The van der Waals surface area contributed by atoms with Crippen molar-refractivity contribution in [3.05, 3.63) is 131 Å². The lowest BCUT2D eigenvalue weighted by Crippen LogP contribution is -2.52. The number of hydrogen-bond donors (Lipinski definition) is 2. The molecule has 0 aromatic heterocycles. The first-order valence-electron chi connectivity index (χ1n) is 18.7. The molecule has 6 rings (SSSR count). The van der Waals surface area contributed by atoms with Gasteiger partial charge < -0.3 is 19.9 Å².